The van der Waals surface area contributed by atoms with Crippen LogP contribution in [0, 0.1) is 0 Å². The largest absolute Gasteiger partial charge is 0.340 e. The molecular weight excluding hydrogens is 198 g/mol. The molecule has 0 bridgehead atoms. The number of hydrogen-bond donors (Lipinski definition) is 0. The molecule has 0 aliphatic rings. The Hall–Kier alpha value is -0.200. The maximum Gasteiger partial charge on any atom is 0.266 e. The van der Waals surface area contributed by atoms with Gasteiger partial charge in [0.2, 0.25) is 0 Å². The van der Waals surface area contributed by atoms with Crippen molar-refractivity contribution in [2.24, 2.45) is 0 Å². The van der Waals surface area contributed by atoms with E-state index in [4.69, 9.17) is 19.1 Å². The van der Waals surface area contributed by atoms with Crippen molar-refractivity contribution in [3.8, 4) is 0 Å². The highest BCUT2D eigenvalue weighted by Crippen LogP contribution is 2.08. The molecule has 15 heavy (non-hydrogen) atoms. The molecule has 0 heterocycles. The van der Waals surface area contributed by atoms with E-state index < -0.39 is 6.41 Å². The second-order valence-corrected chi connectivity index (χ2v) is 3.27. The SMILES string of the molecule is CCCON(OC(C)C)C(OC)OCC. The van der Waals surface area contributed by atoms with E-state index in [0.29, 0.717) is 13.2 Å². The van der Waals surface area contributed by atoms with Crippen LogP contribution in [0.4, 0.5) is 0 Å². The van der Waals surface area contributed by atoms with Crippen molar-refractivity contribution in [3.05, 3.63) is 0 Å². The molecule has 0 radical (unpaired) electrons. The first-order chi connectivity index (χ1) is 7.15. The van der Waals surface area contributed by atoms with E-state index >= 15 is 0 Å². The monoisotopic (exact) mass is 221 g/mol. The minimum atomic E-state index is -0.621. The zero-order chi connectivity index (χ0) is 11.7. The van der Waals surface area contributed by atoms with E-state index in [-0.39, 0.29) is 6.10 Å². The lowest BCUT2D eigenvalue weighted by Gasteiger charge is -2.28. The molecule has 0 spiro atoms. The van der Waals surface area contributed by atoms with Crippen molar-refractivity contribution in [2.75, 3.05) is 20.3 Å². The molecule has 0 aromatic heterocycles. The average molecular weight is 221 g/mol. The van der Waals surface area contributed by atoms with E-state index in [9.17, 15) is 0 Å². The Balaban J connectivity index is 4.15. The highest BCUT2D eigenvalue weighted by Gasteiger charge is 2.21. The predicted octanol–water partition coefficient (Wildman–Crippen LogP) is 1.94. The van der Waals surface area contributed by atoms with Gasteiger partial charge in [0.25, 0.3) is 6.41 Å². The number of methoxy groups -OCH3 is 1. The summed E-state index contributed by atoms with van der Waals surface area (Å²) in [5.41, 5.74) is 0. The second kappa shape index (κ2) is 9.06. The minimum absolute atomic E-state index is 0.0139. The van der Waals surface area contributed by atoms with Gasteiger partial charge in [-0.2, -0.15) is 0 Å². The number of rotatable bonds is 9. The fourth-order valence-corrected chi connectivity index (χ4v) is 0.888. The Morgan fingerprint density at radius 3 is 2.27 bits per heavy atom. The Morgan fingerprint density at radius 2 is 1.87 bits per heavy atom. The maximum absolute atomic E-state index is 5.42. The summed E-state index contributed by atoms with van der Waals surface area (Å²) < 4.78 is 10.4. The number of hydrogen-bond acceptors (Lipinski definition) is 5. The zero-order valence-corrected chi connectivity index (χ0v) is 10.4. The lowest BCUT2D eigenvalue weighted by Crippen LogP contribution is -2.40. The van der Waals surface area contributed by atoms with Gasteiger partial charge in [0.1, 0.15) is 0 Å². The van der Waals surface area contributed by atoms with Gasteiger partial charge in [0.05, 0.1) is 12.7 Å². The van der Waals surface area contributed by atoms with Crippen molar-refractivity contribution in [1.29, 1.82) is 0 Å². The molecule has 92 valence electrons. The quantitative estimate of drug-likeness (QED) is 0.439. The first-order valence-corrected chi connectivity index (χ1v) is 5.38. The molecule has 5 nitrogen and oxygen atoms in total. The van der Waals surface area contributed by atoms with Crippen LogP contribution in [0.25, 0.3) is 0 Å². The molecule has 0 fully saturated rings. The molecule has 5 heteroatoms. The standard InChI is InChI=1S/C10H23NO4/c1-6-8-14-11(15-9(3)4)10(12-5)13-7-2/h9-10H,6-8H2,1-5H3. The van der Waals surface area contributed by atoms with E-state index in [1.807, 2.05) is 27.7 Å². The smallest absolute Gasteiger partial charge is 0.266 e. The molecule has 0 aromatic carbocycles. The second-order valence-electron chi connectivity index (χ2n) is 3.27. The van der Waals surface area contributed by atoms with Crippen LogP contribution in [0.5, 0.6) is 0 Å². The predicted molar refractivity (Wildman–Crippen MR) is 56.7 cm³/mol. The summed E-state index contributed by atoms with van der Waals surface area (Å²) in [6.45, 7) is 8.85. The molecule has 0 saturated heterocycles. The lowest BCUT2D eigenvalue weighted by atomic mass is 10.5. The molecule has 0 N–H and O–H groups in total. The van der Waals surface area contributed by atoms with Gasteiger partial charge in [-0.15, -0.1) is 0 Å². The average Bonchev–Trinajstić information content (AvgIpc) is 2.20. The third kappa shape index (κ3) is 6.81. The topological polar surface area (TPSA) is 40.2 Å². The summed E-state index contributed by atoms with van der Waals surface area (Å²) in [5.74, 6) is 0. The van der Waals surface area contributed by atoms with Crippen LogP contribution >= 0.6 is 0 Å². The van der Waals surface area contributed by atoms with E-state index in [1.165, 1.54) is 5.23 Å². The van der Waals surface area contributed by atoms with Gasteiger partial charge in [-0.05, 0) is 32.4 Å². The van der Waals surface area contributed by atoms with Crippen LogP contribution in [0.3, 0.4) is 0 Å². The van der Waals surface area contributed by atoms with Crippen LogP contribution in [0.1, 0.15) is 34.1 Å². The van der Waals surface area contributed by atoms with Gasteiger partial charge in [0.15, 0.2) is 0 Å². The first-order valence-electron chi connectivity index (χ1n) is 5.38. The normalized spacial score (nSPS) is 13.8. The lowest BCUT2D eigenvalue weighted by molar-refractivity contribution is -0.475. The molecule has 1 unspecified atom stereocenters. The number of ether oxygens (including phenoxy) is 2. The fourth-order valence-electron chi connectivity index (χ4n) is 0.888. The molecule has 0 aromatic rings. The number of nitrogens with zero attached hydrogens (tertiary/aromatic N) is 1. The Bertz CT molecular complexity index is 143. The maximum atomic E-state index is 5.42. The molecule has 0 amide bonds. The summed E-state index contributed by atoms with van der Waals surface area (Å²) in [5, 5.41) is 1.28. The van der Waals surface area contributed by atoms with E-state index in [1.54, 1.807) is 7.11 Å². The molecule has 0 aliphatic heterocycles. The van der Waals surface area contributed by atoms with Gasteiger partial charge >= 0.3 is 0 Å². The van der Waals surface area contributed by atoms with Gasteiger partial charge in [-0.25, -0.2) is 0 Å². The van der Waals surface area contributed by atoms with Crippen molar-refractivity contribution in [3.63, 3.8) is 0 Å². The third-order valence-corrected chi connectivity index (χ3v) is 1.42. The summed E-state index contributed by atoms with van der Waals surface area (Å²) >= 11 is 0. The van der Waals surface area contributed by atoms with Gasteiger partial charge in [0, 0.05) is 13.7 Å². The van der Waals surface area contributed by atoms with Crippen LogP contribution in [-0.4, -0.2) is 38.1 Å². The van der Waals surface area contributed by atoms with Gasteiger partial charge in [-0.3, -0.25) is 9.68 Å². The summed E-state index contributed by atoms with van der Waals surface area (Å²) in [7, 11) is 1.55. The molecule has 0 aliphatic carbocycles. The third-order valence-electron chi connectivity index (χ3n) is 1.42. The van der Waals surface area contributed by atoms with Crippen LogP contribution in [0.15, 0.2) is 0 Å². The molecule has 1 atom stereocenters. The van der Waals surface area contributed by atoms with Gasteiger partial charge < -0.3 is 9.47 Å². The van der Waals surface area contributed by atoms with Crippen molar-refractivity contribution < 1.29 is 19.1 Å². The highest BCUT2D eigenvalue weighted by molar-refractivity contribution is 4.35. The summed E-state index contributed by atoms with van der Waals surface area (Å²) in [4.78, 5) is 10.8. The fraction of sp³-hybridized carbons (Fsp3) is 1.00. The molecule has 0 rings (SSSR count). The minimum Gasteiger partial charge on any atom is -0.340 e. The van der Waals surface area contributed by atoms with E-state index in [2.05, 4.69) is 0 Å². The summed E-state index contributed by atoms with van der Waals surface area (Å²) in [6, 6.07) is 0. The van der Waals surface area contributed by atoms with Crippen LogP contribution in [-0.2, 0) is 19.1 Å². The van der Waals surface area contributed by atoms with E-state index in [0.717, 1.165) is 6.42 Å². The van der Waals surface area contributed by atoms with Crippen molar-refractivity contribution in [2.45, 2.75) is 46.6 Å². The Kier molecular flexibility index (Phi) is 8.94. The van der Waals surface area contributed by atoms with Crippen molar-refractivity contribution in [1.82, 2.24) is 5.23 Å². The molecule has 0 saturated carbocycles. The Labute approximate surface area is 92.1 Å². The highest BCUT2D eigenvalue weighted by atomic mass is 17.0. The Morgan fingerprint density at radius 1 is 1.20 bits per heavy atom. The molecular formula is C10H23NO4. The summed E-state index contributed by atoms with van der Waals surface area (Å²) in [6.07, 6.45) is 0.296. The van der Waals surface area contributed by atoms with Crippen LogP contribution in [0.2, 0.25) is 0 Å². The first kappa shape index (κ1) is 14.8. The number of hydroxylamine groups is 2. The van der Waals surface area contributed by atoms with Gasteiger partial charge in [-0.1, -0.05) is 6.92 Å². The zero-order valence-electron chi connectivity index (χ0n) is 10.4. The van der Waals surface area contributed by atoms with Crippen molar-refractivity contribution >= 4 is 0 Å². The van der Waals surface area contributed by atoms with Crippen LogP contribution < -0.4 is 0 Å².